The first-order chi connectivity index (χ1) is 6.33. The fraction of sp³-hybridized carbons (Fsp3) is 0. The number of fused-ring (bicyclic) bond motifs is 1. The first-order valence-corrected chi connectivity index (χ1v) is 3.59. The van der Waals surface area contributed by atoms with Gasteiger partial charge in [-0.2, -0.15) is 5.10 Å². The molecule has 6 heteroatoms. The number of aromatic amines is 1. The Hall–Kier alpha value is -2.11. The molecule has 2 aromatic rings. The number of nitrogens with two attached hydrogens (primary N) is 1. The van der Waals surface area contributed by atoms with E-state index in [9.17, 15) is 0 Å². The van der Waals surface area contributed by atoms with Crippen molar-refractivity contribution in [3.05, 3.63) is 24.0 Å². The maximum Gasteiger partial charge on any atom is 0.170 e. The van der Waals surface area contributed by atoms with Crippen molar-refractivity contribution in [3.63, 3.8) is 0 Å². The van der Waals surface area contributed by atoms with Gasteiger partial charge in [-0.15, -0.1) is 0 Å². The van der Waals surface area contributed by atoms with E-state index in [1.54, 1.807) is 18.5 Å². The van der Waals surface area contributed by atoms with Crippen LogP contribution in [0.2, 0.25) is 0 Å². The fourth-order valence-electron chi connectivity index (χ4n) is 1.13. The lowest BCUT2D eigenvalue weighted by molar-refractivity contribution is 0.318. The maximum absolute atomic E-state index is 8.50. The number of aromatic nitrogens is 3. The summed E-state index contributed by atoms with van der Waals surface area (Å²) in [5, 5.41) is 18.6. The van der Waals surface area contributed by atoms with Gasteiger partial charge in [-0.25, -0.2) is 4.98 Å². The minimum atomic E-state index is 0.0498. The van der Waals surface area contributed by atoms with E-state index in [0.29, 0.717) is 11.2 Å². The van der Waals surface area contributed by atoms with Crippen LogP contribution in [0.3, 0.4) is 0 Å². The lowest BCUT2D eigenvalue weighted by Crippen LogP contribution is -2.13. The van der Waals surface area contributed by atoms with Crippen molar-refractivity contribution in [1.29, 1.82) is 0 Å². The Morgan fingerprint density at radius 1 is 1.62 bits per heavy atom. The molecule has 66 valence electrons. The van der Waals surface area contributed by atoms with Crippen LogP contribution in [0, 0.1) is 0 Å². The molecule has 0 aliphatic heterocycles. The van der Waals surface area contributed by atoms with Gasteiger partial charge in [0.2, 0.25) is 0 Å². The molecule has 13 heavy (non-hydrogen) atoms. The van der Waals surface area contributed by atoms with Gasteiger partial charge in [-0.3, -0.25) is 5.10 Å². The average molecular weight is 177 g/mol. The third-order valence-electron chi connectivity index (χ3n) is 1.74. The summed E-state index contributed by atoms with van der Waals surface area (Å²) in [4.78, 5) is 4.01. The highest BCUT2D eigenvalue weighted by Crippen LogP contribution is 2.12. The van der Waals surface area contributed by atoms with Crippen LogP contribution in [0.15, 0.2) is 23.6 Å². The van der Waals surface area contributed by atoms with Gasteiger partial charge in [0.25, 0.3) is 0 Å². The van der Waals surface area contributed by atoms with E-state index in [1.165, 1.54) is 0 Å². The van der Waals surface area contributed by atoms with E-state index in [4.69, 9.17) is 10.9 Å². The third-order valence-corrected chi connectivity index (χ3v) is 1.74. The number of pyridine rings is 1. The monoisotopic (exact) mass is 177 g/mol. The van der Waals surface area contributed by atoms with Crippen LogP contribution < -0.4 is 5.73 Å². The zero-order valence-corrected chi connectivity index (χ0v) is 6.60. The van der Waals surface area contributed by atoms with Crippen molar-refractivity contribution in [2.24, 2.45) is 10.9 Å². The van der Waals surface area contributed by atoms with E-state index in [0.717, 1.165) is 5.39 Å². The van der Waals surface area contributed by atoms with E-state index < -0.39 is 0 Å². The largest absolute Gasteiger partial charge is 0.409 e. The molecule has 0 spiro atoms. The minimum absolute atomic E-state index is 0.0498. The summed E-state index contributed by atoms with van der Waals surface area (Å²) in [6.45, 7) is 0. The summed E-state index contributed by atoms with van der Waals surface area (Å²) in [5.74, 6) is 0.0498. The number of amidine groups is 1. The first-order valence-electron chi connectivity index (χ1n) is 3.59. The molecule has 4 N–H and O–H groups in total. The Morgan fingerprint density at radius 2 is 2.46 bits per heavy atom. The number of oxime groups is 1. The van der Waals surface area contributed by atoms with Gasteiger partial charge in [0, 0.05) is 17.1 Å². The molecule has 0 aliphatic carbocycles. The molecule has 2 rings (SSSR count). The fourth-order valence-corrected chi connectivity index (χ4v) is 1.13. The zero-order chi connectivity index (χ0) is 9.26. The normalized spacial score (nSPS) is 12.2. The second-order valence-corrected chi connectivity index (χ2v) is 2.48. The molecule has 0 bridgehead atoms. The highest BCUT2D eigenvalue weighted by Gasteiger charge is 2.06. The molecular weight excluding hydrogens is 170 g/mol. The highest BCUT2D eigenvalue weighted by molar-refractivity contribution is 6.06. The Bertz CT molecular complexity index is 461. The summed E-state index contributed by atoms with van der Waals surface area (Å²) in [7, 11) is 0. The van der Waals surface area contributed by atoms with Crippen molar-refractivity contribution in [2.75, 3.05) is 0 Å². The van der Waals surface area contributed by atoms with Gasteiger partial charge in [0.1, 0.15) is 0 Å². The summed E-state index contributed by atoms with van der Waals surface area (Å²) in [6.07, 6.45) is 3.14. The van der Waals surface area contributed by atoms with Crippen LogP contribution in [0.25, 0.3) is 11.0 Å². The molecule has 0 radical (unpaired) electrons. The molecule has 2 aromatic heterocycles. The minimum Gasteiger partial charge on any atom is -0.409 e. The molecule has 0 saturated carbocycles. The standard InChI is InChI=1S/C7H7N5O/c8-6(12-13)4-1-2-9-7-5(4)3-10-11-7/h1-3,13H,(H2,8,12)(H,9,10,11). The number of rotatable bonds is 1. The summed E-state index contributed by atoms with van der Waals surface area (Å²) < 4.78 is 0. The summed E-state index contributed by atoms with van der Waals surface area (Å²) >= 11 is 0. The van der Waals surface area contributed by atoms with Crippen LogP contribution in [-0.2, 0) is 0 Å². The quantitative estimate of drug-likeness (QED) is 0.248. The van der Waals surface area contributed by atoms with Crippen molar-refractivity contribution < 1.29 is 5.21 Å². The highest BCUT2D eigenvalue weighted by atomic mass is 16.4. The van der Waals surface area contributed by atoms with Crippen LogP contribution in [-0.4, -0.2) is 26.2 Å². The van der Waals surface area contributed by atoms with Gasteiger partial charge in [0.15, 0.2) is 11.5 Å². The molecular formula is C7H7N5O. The topological polar surface area (TPSA) is 100 Å². The van der Waals surface area contributed by atoms with Crippen molar-refractivity contribution in [1.82, 2.24) is 15.2 Å². The predicted molar refractivity (Wildman–Crippen MR) is 46.4 cm³/mol. The number of nitrogens with one attached hydrogen (secondary N) is 1. The molecule has 0 unspecified atom stereocenters. The lowest BCUT2D eigenvalue weighted by atomic mass is 10.2. The molecule has 2 heterocycles. The Labute approximate surface area is 73.1 Å². The van der Waals surface area contributed by atoms with E-state index in [2.05, 4.69) is 20.3 Å². The van der Waals surface area contributed by atoms with Crippen LogP contribution in [0.5, 0.6) is 0 Å². The smallest absolute Gasteiger partial charge is 0.170 e. The number of hydrogen-bond acceptors (Lipinski definition) is 4. The Morgan fingerprint density at radius 3 is 3.23 bits per heavy atom. The Kier molecular flexibility index (Phi) is 1.59. The molecule has 0 amide bonds. The van der Waals surface area contributed by atoms with Crippen molar-refractivity contribution in [2.45, 2.75) is 0 Å². The molecule has 0 aliphatic rings. The molecule has 0 atom stereocenters. The zero-order valence-electron chi connectivity index (χ0n) is 6.60. The predicted octanol–water partition coefficient (Wildman–Crippen LogP) is 0.0524. The Balaban J connectivity index is 2.75. The van der Waals surface area contributed by atoms with Gasteiger partial charge < -0.3 is 10.9 Å². The summed E-state index contributed by atoms with van der Waals surface area (Å²) in [5.41, 5.74) is 6.68. The SMILES string of the molecule is NC(=NO)c1ccnc2[nH]ncc12. The third kappa shape index (κ3) is 1.08. The number of nitrogens with zero attached hydrogens (tertiary/aromatic N) is 3. The average Bonchev–Trinajstić information content (AvgIpc) is 2.63. The van der Waals surface area contributed by atoms with E-state index in [1.807, 2.05) is 0 Å². The maximum atomic E-state index is 8.50. The lowest BCUT2D eigenvalue weighted by Gasteiger charge is -1.97. The van der Waals surface area contributed by atoms with Gasteiger partial charge in [-0.05, 0) is 6.07 Å². The van der Waals surface area contributed by atoms with Gasteiger partial charge >= 0.3 is 0 Å². The molecule has 0 saturated heterocycles. The van der Waals surface area contributed by atoms with Crippen molar-refractivity contribution in [3.8, 4) is 0 Å². The second kappa shape index (κ2) is 2.74. The molecule has 0 fully saturated rings. The molecule has 0 aromatic carbocycles. The van der Waals surface area contributed by atoms with Gasteiger partial charge in [0.05, 0.1) is 6.20 Å². The van der Waals surface area contributed by atoms with Crippen LogP contribution >= 0.6 is 0 Å². The van der Waals surface area contributed by atoms with E-state index >= 15 is 0 Å². The number of hydrogen-bond donors (Lipinski definition) is 3. The first kappa shape index (κ1) is 7.53. The van der Waals surface area contributed by atoms with E-state index in [-0.39, 0.29) is 5.84 Å². The summed E-state index contributed by atoms with van der Waals surface area (Å²) in [6, 6.07) is 1.66. The number of H-pyrrole nitrogens is 1. The second-order valence-electron chi connectivity index (χ2n) is 2.48. The van der Waals surface area contributed by atoms with Gasteiger partial charge in [-0.1, -0.05) is 5.16 Å². The van der Waals surface area contributed by atoms with Crippen molar-refractivity contribution >= 4 is 16.9 Å². The molecule has 6 nitrogen and oxygen atoms in total. The van der Waals surface area contributed by atoms with Crippen LogP contribution in [0.1, 0.15) is 5.56 Å². The van der Waals surface area contributed by atoms with Crippen LogP contribution in [0.4, 0.5) is 0 Å².